The maximum Gasteiger partial charge on any atom is 0.124 e. The van der Waals surface area contributed by atoms with Crippen molar-refractivity contribution < 1.29 is 5.11 Å². The molecule has 0 saturated heterocycles. The molecule has 2 aromatic carbocycles. The van der Waals surface area contributed by atoms with Crippen molar-refractivity contribution in [2.45, 2.75) is 13.0 Å². The van der Waals surface area contributed by atoms with Gasteiger partial charge in [0, 0.05) is 36.5 Å². The van der Waals surface area contributed by atoms with Crippen LogP contribution in [0.2, 0.25) is 0 Å². The van der Waals surface area contributed by atoms with Crippen molar-refractivity contribution in [3.8, 4) is 5.75 Å². The zero-order chi connectivity index (χ0) is 19.2. The van der Waals surface area contributed by atoms with Gasteiger partial charge in [0.1, 0.15) is 11.6 Å². The average molecular weight is 362 g/mol. The molecule has 0 atom stereocenters. The molecule has 2 aromatic rings. The van der Waals surface area contributed by atoms with Crippen LogP contribution in [0.5, 0.6) is 5.75 Å². The number of nitrogens with two attached hydrogens (primary N) is 3. The number of nitrogens with zero attached hydrogens (tertiary/aromatic N) is 1. The molecule has 1 aliphatic rings. The SMILES string of the molecule is NC(N)=C(/C=C(\N)c1ccccc1O)C1=CCN(Cc2ccccc2)CC1. The highest BCUT2D eigenvalue weighted by Crippen LogP contribution is 2.27. The molecular formula is C22H26N4O. The minimum absolute atomic E-state index is 0.132. The first-order chi connectivity index (χ1) is 13.0. The molecule has 3 rings (SSSR count). The summed E-state index contributed by atoms with van der Waals surface area (Å²) in [5.41, 5.74) is 22.2. The second kappa shape index (κ2) is 8.47. The molecule has 0 aliphatic carbocycles. The molecule has 5 heteroatoms. The van der Waals surface area contributed by atoms with Crippen molar-refractivity contribution in [2.75, 3.05) is 13.1 Å². The largest absolute Gasteiger partial charge is 0.507 e. The number of hydrogen-bond acceptors (Lipinski definition) is 5. The van der Waals surface area contributed by atoms with Gasteiger partial charge in [-0.1, -0.05) is 48.5 Å². The van der Waals surface area contributed by atoms with Gasteiger partial charge >= 0.3 is 0 Å². The van der Waals surface area contributed by atoms with Crippen LogP contribution in [-0.4, -0.2) is 23.1 Å². The maximum atomic E-state index is 10.00. The van der Waals surface area contributed by atoms with Gasteiger partial charge in [-0.05, 0) is 35.8 Å². The topological polar surface area (TPSA) is 102 Å². The van der Waals surface area contributed by atoms with E-state index in [9.17, 15) is 5.11 Å². The molecule has 0 saturated carbocycles. The molecule has 0 bridgehead atoms. The summed E-state index contributed by atoms with van der Waals surface area (Å²) >= 11 is 0. The number of rotatable bonds is 5. The fourth-order valence-electron chi connectivity index (χ4n) is 3.25. The summed E-state index contributed by atoms with van der Waals surface area (Å²) in [5, 5.41) is 10.00. The lowest BCUT2D eigenvalue weighted by atomic mass is 9.96. The second-order valence-corrected chi connectivity index (χ2v) is 6.69. The van der Waals surface area contributed by atoms with Crippen LogP contribution in [0.15, 0.2) is 83.7 Å². The van der Waals surface area contributed by atoms with Gasteiger partial charge in [0.05, 0.1) is 0 Å². The Morgan fingerprint density at radius 2 is 1.70 bits per heavy atom. The smallest absolute Gasteiger partial charge is 0.124 e. The van der Waals surface area contributed by atoms with Crippen molar-refractivity contribution in [2.24, 2.45) is 17.2 Å². The molecule has 0 aromatic heterocycles. The van der Waals surface area contributed by atoms with E-state index >= 15 is 0 Å². The Balaban J connectivity index is 1.76. The molecule has 0 unspecified atom stereocenters. The fraction of sp³-hybridized carbons (Fsp3) is 0.182. The van der Waals surface area contributed by atoms with Gasteiger partial charge in [0.15, 0.2) is 0 Å². The number of para-hydroxylation sites is 1. The van der Waals surface area contributed by atoms with E-state index in [0.29, 0.717) is 11.3 Å². The fourth-order valence-corrected chi connectivity index (χ4v) is 3.25. The number of allylic oxidation sites excluding steroid dienone is 2. The van der Waals surface area contributed by atoms with E-state index in [4.69, 9.17) is 17.2 Å². The standard InChI is InChI=1S/C22H26N4O/c23-20(18-8-4-5-9-21(18)27)14-19(22(24)25)17-10-12-26(13-11-17)15-16-6-2-1-3-7-16/h1-10,14,27H,11-13,15,23-25H2/b20-14-. The van der Waals surface area contributed by atoms with Crippen molar-refractivity contribution in [1.29, 1.82) is 0 Å². The summed E-state index contributed by atoms with van der Waals surface area (Å²) in [6, 6.07) is 17.4. The van der Waals surface area contributed by atoms with Crippen molar-refractivity contribution in [1.82, 2.24) is 4.90 Å². The van der Waals surface area contributed by atoms with Crippen molar-refractivity contribution in [3.63, 3.8) is 0 Å². The van der Waals surface area contributed by atoms with Gasteiger partial charge in [0.25, 0.3) is 0 Å². The van der Waals surface area contributed by atoms with Crippen molar-refractivity contribution in [3.05, 3.63) is 94.8 Å². The highest BCUT2D eigenvalue weighted by Gasteiger charge is 2.16. The molecular weight excluding hydrogens is 336 g/mol. The van der Waals surface area contributed by atoms with E-state index in [1.807, 2.05) is 12.1 Å². The number of benzene rings is 2. The Kier molecular flexibility index (Phi) is 5.84. The van der Waals surface area contributed by atoms with Crippen LogP contribution in [0.1, 0.15) is 17.5 Å². The van der Waals surface area contributed by atoms with Crippen LogP contribution in [0.3, 0.4) is 0 Å². The molecule has 140 valence electrons. The predicted octanol–water partition coefficient (Wildman–Crippen LogP) is 2.65. The average Bonchev–Trinajstić information content (AvgIpc) is 2.68. The molecule has 0 radical (unpaired) electrons. The minimum atomic E-state index is 0.132. The summed E-state index contributed by atoms with van der Waals surface area (Å²) in [4.78, 5) is 2.37. The summed E-state index contributed by atoms with van der Waals surface area (Å²) in [7, 11) is 0. The number of aromatic hydroxyl groups is 1. The summed E-state index contributed by atoms with van der Waals surface area (Å²) < 4.78 is 0. The van der Waals surface area contributed by atoms with Crippen LogP contribution in [0.25, 0.3) is 5.70 Å². The van der Waals surface area contributed by atoms with Crippen molar-refractivity contribution >= 4 is 5.70 Å². The van der Waals surface area contributed by atoms with E-state index in [2.05, 4.69) is 35.2 Å². The highest BCUT2D eigenvalue weighted by atomic mass is 16.3. The molecule has 1 heterocycles. The minimum Gasteiger partial charge on any atom is -0.507 e. The third kappa shape index (κ3) is 4.71. The Morgan fingerprint density at radius 1 is 1.00 bits per heavy atom. The Hall–Kier alpha value is -3.18. The van der Waals surface area contributed by atoms with Crippen LogP contribution < -0.4 is 17.2 Å². The lowest BCUT2D eigenvalue weighted by molar-refractivity contribution is 0.287. The Morgan fingerprint density at radius 3 is 2.33 bits per heavy atom. The lowest BCUT2D eigenvalue weighted by Gasteiger charge is -2.27. The predicted molar refractivity (Wildman–Crippen MR) is 110 cm³/mol. The number of phenolic OH excluding ortho intramolecular Hbond substituents is 1. The van der Waals surface area contributed by atoms with Crippen LogP contribution in [-0.2, 0) is 6.54 Å². The van der Waals surface area contributed by atoms with Gasteiger partial charge < -0.3 is 22.3 Å². The first kappa shape index (κ1) is 18.6. The molecule has 0 amide bonds. The van der Waals surface area contributed by atoms with Gasteiger partial charge in [-0.2, -0.15) is 0 Å². The third-order valence-electron chi connectivity index (χ3n) is 4.71. The molecule has 0 fully saturated rings. The second-order valence-electron chi connectivity index (χ2n) is 6.69. The van der Waals surface area contributed by atoms with Crippen LogP contribution >= 0.6 is 0 Å². The Bertz CT molecular complexity index is 880. The maximum absolute atomic E-state index is 10.00. The molecule has 0 spiro atoms. The van der Waals surface area contributed by atoms with Crippen LogP contribution in [0, 0.1) is 0 Å². The zero-order valence-corrected chi connectivity index (χ0v) is 15.3. The lowest BCUT2D eigenvalue weighted by Crippen LogP contribution is -2.29. The first-order valence-corrected chi connectivity index (χ1v) is 9.01. The van der Waals surface area contributed by atoms with Gasteiger partial charge in [-0.25, -0.2) is 0 Å². The Labute approximate surface area is 160 Å². The summed E-state index contributed by atoms with van der Waals surface area (Å²) in [5.74, 6) is 0.365. The first-order valence-electron chi connectivity index (χ1n) is 9.01. The van der Waals surface area contributed by atoms with E-state index in [1.54, 1.807) is 24.3 Å². The van der Waals surface area contributed by atoms with E-state index in [0.717, 1.165) is 37.2 Å². The number of hydrogen-bond donors (Lipinski definition) is 4. The third-order valence-corrected chi connectivity index (χ3v) is 4.71. The number of phenols is 1. The van der Waals surface area contributed by atoms with E-state index in [-0.39, 0.29) is 11.6 Å². The normalized spacial score (nSPS) is 15.3. The van der Waals surface area contributed by atoms with Crippen LogP contribution in [0.4, 0.5) is 0 Å². The highest BCUT2D eigenvalue weighted by molar-refractivity contribution is 5.71. The summed E-state index contributed by atoms with van der Waals surface area (Å²) in [6.07, 6.45) is 4.74. The molecule has 7 N–H and O–H groups in total. The van der Waals surface area contributed by atoms with E-state index in [1.165, 1.54) is 5.56 Å². The van der Waals surface area contributed by atoms with E-state index < -0.39 is 0 Å². The quantitative estimate of drug-likeness (QED) is 0.613. The summed E-state index contributed by atoms with van der Waals surface area (Å²) in [6.45, 7) is 2.66. The van der Waals surface area contributed by atoms with Gasteiger partial charge in [0.2, 0.25) is 0 Å². The molecule has 1 aliphatic heterocycles. The zero-order valence-electron chi connectivity index (χ0n) is 15.3. The van der Waals surface area contributed by atoms with Gasteiger partial charge in [-0.15, -0.1) is 0 Å². The van der Waals surface area contributed by atoms with Gasteiger partial charge in [-0.3, -0.25) is 4.90 Å². The molecule has 5 nitrogen and oxygen atoms in total. The molecule has 27 heavy (non-hydrogen) atoms. The monoisotopic (exact) mass is 362 g/mol.